The van der Waals surface area contributed by atoms with E-state index in [1.54, 1.807) is 0 Å². The molecule has 1 N–H and O–H groups in total. The van der Waals surface area contributed by atoms with Crippen molar-refractivity contribution in [3.05, 3.63) is 16.5 Å². The Morgan fingerprint density at radius 3 is 2.52 bits per heavy atom. The lowest BCUT2D eigenvalue weighted by Crippen LogP contribution is -2.39. The molecule has 5 heteroatoms. The number of likely N-dealkylation sites (tertiary alicyclic amines) is 1. The van der Waals surface area contributed by atoms with Crippen LogP contribution in [0.5, 0.6) is 0 Å². The van der Waals surface area contributed by atoms with Gasteiger partial charge in [-0.25, -0.2) is 9.97 Å². The number of rotatable bonds is 6. The smallest absolute Gasteiger partial charge is 0.137 e. The molecular formula is C16H27ClN4. The molecule has 118 valence electrons. The maximum absolute atomic E-state index is 6.24. The average molecular weight is 311 g/mol. The van der Waals surface area contributed by atoms with Gasteiger partial charge in [0.05, 0.1) is 0 Å². The van der Waals surface area contributed by atoms with Gasteiger partial charge < -0.3 is 10.2 Å². The fourth-order valence-electron chi connectivity index (χ4n) is 2.82. The number of aromatic nitrogens is 2. The first-order valence-corrected chi connectivity index (χ1v) is 8.53. The molecule has 0 radical (unpaired) electrons. The second-order valence-electron chi connectivity index (χ2n) is 5.91. The Morgan fingerprint density at radius 2 is 1.90 bits per heavy atom. The molecule has 0 bridgehead atoms. The summed E-state index contributed by atoms with van der Waals surface area (Å²) >= 11 is 6.24. The van der Waals surface area contributed by atoms with Crippen molar-refractivity contribution in [1.29, 1.82) is 0 Å². The largest absolute Gasteiger partial charge is 0.367 e. The van der Waals surface area contributed by atoms with Crippen LogP contribution in [0.3, 0.4) is 0 Å². The van der Waals surface area contributed by atoms with Crippen molar-refractivity contribution in [1.82, 2.24) is 14.9 Å². The first kappa shape index (κ1) is 16.5. The summed E-state index contributed by atoms with van der Waals surface area (Å²) in [5.74, 6) is 1.77. The van der Waals surface area contributed by atoms with Gasteiger partial charge in [0.15, 0.2) is 0 Å². The zero-order valence-electron chi connectivity index (χ0n) is 13.5. The summed E-state index contributed by atoms with van der Waals surface area (Å²) in [4.78, 5) is 11.6. The highest BCUT2D eigenvalue weighted by Crippen LogP contribution is 2.23. The normalized spacial score (nSPS) is 17.1. The SMILES string of the molecule is CCCc1nc(Cl)c(C)c(NC2CCN(CCC)CC2)n1. The molecule has 1 saturated heterocycles. The molecule has 0 amide bonds. The van der Waals surface area contributed by atoms with Crippen LogP contribution in [0.25, 0.3) is 0 Å². The molecule has 1 aliphatic rings. The zero-order chi connectivity index (χ0) is 15.2. The summed E-state index contributed by atoms with van der Waals surface area (Å²) in [5.41, 5.74) is 0.965. The molecule has 1 aromatic heterocycles. The van der Waals surface area contributed by atoms with Crippen molar-refractivity contribution in [3.63, 3.8) is 0 Å². The Hall–Kier alpha value is -0.870. The molecule has 0 aromatic carbocycles. The molecule has 4 nitrogen and oxygen atoms in total. The highest BCUT2D eigenvalue weighted by molar-refractivity contribution is 6.30. The van der Waals surface area contributed by atoms with E-state index >= 15 is 0 Å². The van der Waals surface area contributed by atoms with Crippen LogP contribution in [0.4, 0.5) is 5.82 Å². The van der Waals surface area contributed by atoms with Gasteiger partial charge in [0.25, 0.3) is 0 Å². The monoisotopic (exact) mass is 310 g/mol. The summed E-state index contributed by atoms with van der Waals surface area (Å²) in [6.45, 7) is 9.92. The third-order valence-electron chi connectivity index (χ3n) is 4.07. The molecule has 0 unspecified atom stereocenters. The van der Waals surface area contributed by atoms with Crippen molar-refractivity contribution in [2.24, 2.45) is 0 Å². The van der Waals surface area contributed by atoms with E-state index in [2.05, 4.69) is 34.0 Å². The van der Waals surface area contributed by atoms with Crippen LogP contribution in [-0.2, 0) is 6.42 Å². The van der Waals surface area contributed by atoms with Crippen LogP contribution < -0.4 is 5.32 Å². The zero-order valence-corrected chi connectivity index (χ0v) is 14.2. The number of anilines is 1. The minimum atomic E-state index is 0.497. The highest BCUT2D eigenvalue weighted by atomic mass is 35.5. The van der Waals surface area contributed by atoms with Crippen LogP contribution in [0.15, 0.2) is 0 Å². The predicted molar refractivity (Wildman–Crippen MR) is 89.1 cm³/mol. The Bertz CT molecular complexity index is 456. The van der Waals surface area contributed by atoms with E-state index in [1.165, 1.54) is 38.9 Å². The first-order valence-electron chi connectivity index (χ1n) is 8.16. The summed E-state index contributed by atoms with van der Waals surface area (Å²) in [7, 11) is 0. The van der Waals surface area contributed by atoms with Gasteiger partial charge in [0, 0.05) is 31.1 Å². The van der Waals surface area contributed by atoms with Crippen LogP contribution in [0.2, 0.25) is 5.15 Å². The molecule has 2 heterocycles. The lowest BCUT2D eigenvalue weighted by Gasteiger charge is -2.32. The topological polar surface area (TPSA) is 41.1 Å². The van der Waals surface area contributed by atoms with Crippen LogP contribution in [0, 0.1) is 6.92 Å². The molecule has 0 atom stereocenters. The third kappa shape index (κ3) is 4.55. The number of hydrogen-bond donors (Lipinski definition) is 1. The number of piperidine rings is 1. The molecule has 1 aliphatic heterocycles. The highest BCUT2D eigenvalue weighted by Gasteiger charge is 2.20. The first-order chi connectivity index (χ1) is 10.1. The van der Waals surface area contributed by atoms with Crippen LogP contribution >= 0.6 is 11.6 Å². The molecule has 1 fully saturated rings. The Kier molecular flexibility index (Phi) is 6.24. The molecule has 0 saturated carbocycles. The summed E-state index contributed by atoms with van der Waals surface area (Å²) in [6, 6.07) is 0.497. The van der Waals surface area contributed by atoms with Crippen LogP contribution in [0.1, 0.15) is 50.9 Å². The minimum absolute atomic E-state index is 0.497. The van der Waals surface area contributed by atoms with Crippen LogP contribution in [-0.4, -0.2) is 40.5 Å². The molecule has 0 spiro atoms. The Labute approximate surface area is 133 Å². The quantitative estimate of drug-likeness (QED) is 0.814. The van der Waals surface area contributed by atoms with Crippen molar-refractivity contribution in [2.45, 2.75) is 58.9 Å². The third-order valence-corrected chi connectivity index (χ3v) is 4.44. The van der Waals surface area contributed by atoms with Gasteiger partial charge in [-0.15, -0.1) is 0 Å². The second-order valence-corrected chi connectivity index (χ2v) is 6.27. The van der Waals surface area contributed by atoms with Gasteiger partial charge in [-0.1, -0.05) is 25.4 Å². The van der Waals surface area contributed by atoms with E-state index in [-0.39, 0.29) is 0 Å². The van der Waals surface area contributed by atoms with E-state index in [4.69, 9.17) is 11.6 Å². The molecule has 2 rings (SSSR count). The van der Waals surface area contributed by atoms with E-state index in [9.17, 15) is 0 Å². The van der Waals surface area contributed by atoms with Gasteiger partial charge in [0.1, 0.15) is 16.8 Å². The Balaban J connectivity index is 1.99. The summed E-state index contributed by atoms with van der Waals surface area (Å²) in [6.07, 6.45) is 5.49. The maximum Gasteiger partial charge on any atom is 0.137 e. The molecule has 0 aliphatic carbocycles. The summed E-state index contributed by atoms with van der Waals surface area (Å²) < 4.78 is 0. The predicted octanol–water partition coefficient (Wildman–Crippen LogP) is 3.68. The molecular weight excluding hydrogens is 284 g/mol. The van der Waals surface area contributed by atoms with E-state index < -0.39 is 0 Å². The Morgan fingerprint density at radius 1 is 1.19 bits per heavy atom. The van der Waals surface area contributed by atoms with Gasteiger partial charge in [-0.3, -0.25) is 0 Å². The number of nitrogens with one attached hydrogen (secondary N) is 1. The van der Waals surface area contributed by atoms with E-state index in [1.807, 2.05) is 6.92 Å². The fourth-order valence-corrected chi connectivity index (χ4v) is 3.01. The van der Waals surface area contributed by atoms with Gasteiger partial charge >= 0.3 is 0 Å². The minimum Gasteiger partial charge on any atom is -0.367 e. The standard InChI is InChI=1S/C16H27ClN4/c1-4-6-14-19-15(17)12(3)16(20-14)18-13-7-10-21(9-5-2)11-8-13/h13H,4-11H2,1-3H3,(H,18,19,20). The van der Waals surface area contributed by atoms with Crippen molar-refractivity contribution >= 4 is 17.4 Å². The van der Waals surface area contributed by atoms with E-state index in [0.29, 0.717) is 11.2 Å². The average Bonchev–Trinajstić information content (AvgIpc) is 2.47. The van der Waals surface area contributed by atoms with Gasteiger partial charge in [0.2, 0.25) is 0 Å². The fraction of sp³-hybridized carbons (Fsp3) is 0.750. The lowest BCUT2D eigenvalue weighted by atomic mass is 10.0. The number of hydrogen-bond acceptors (Lipinski definition) is 4. The maximum atomic E-state index is 6.24. The van der Waals surface area contributed by atoms with Gasteiger partial charge in [-0.05, 0) is 39.2 Å². The van der Waals surface area contributed by atoms with Crippen molar-refractivity contribution < 1.29 is 0 Å². The lowest BCUT2D eigenvalue weighted by molar-refractivity contribution is 0.219. The summed E-state index contributed by atoms with van der Waals surface area (Å²) in [5, 5.41) is 4.17. The van der Waals surface area contributed by atoms with Crippen molar-refractivity contribution in [2.75, 3.05) is 25.0 Å². The molecule has 1 aromatic rings. The number of halogens is 1. The van der Waals surface area contributed by atoms with Gasteiger partial charge in [-0.2, -0.15) is 0 Å². The van der Waals surface area contributed by atoms with Crippen molar-refractivity contribution in [3.8, 4) is 0 Å². The number of nitrogens with zero attached hydrogens (tertiary/aromatic N) is 3. The molecule has 21 heavy (non-hydrogen) atoms. The second kappa shape index (κ2) is 7.95. The van der Waals surface area contributed by atoms with E-state index in [0.717, 1.165) is 30.0 Å². The number of aryl methyl sites for hydroxylation is 1.